The Kier molecular flexibility index (Phi) is 13.9. The van der Waals surface area contributed by atoms with E-state index in [9.17, 15) is 0 Å². The Morgan fingerprint density at radius 3 is 2.50 bits per heavy atom. The second-order valence-corrected chi connectivity index (χ2v) is 0.566. The van der Waals surface area contributed by atoms with E-state index in [1.165, 1.54) is 6.08 Å². The van der Waals surface area contributed by atoms with Crippen LogP contribution in [0, 0.1) is 0 Å². The average Bonchev–Trinajstić information content (AvgIpc) is 1.41. The fraction of sp³-hybridized carbons (Fsp3) is 0.667. The van der Waals surface area contributed by atoms with Crippen molar-refractivity contribution in [2.75, 3.05) is 6.54 Å². The van der Waals surface area contributed by atoms with Crippen LogP contribution in [0.1, 0.15) is 8.35 Å². The predicted molar refractivity (Wildman–Crippen MR) is 19.8 cm³/mol. The summed E-state index contributed by atoms with van der Waals surface area (Å²) in [6.45, 7) is 2.33. The molecule has 0 aromatic rings. The molecule has 0 fully saturated rings. The number of hydrogen-bond donors (Lipinski definition) is 0. The zero-order valence-corrected chi connectivity index (χ0v) is 4.06. The van der Waals surface area contributed by atoms with E-state index in [-0.39, 0.29) is 20.3 Å². The van der Waals surface area contributed by atoms with Gasteiger partial charge in [0.25, 0.3) is 0 Å². The molecule has 0 aromatic heterocycles. The van der Waals surface area contributed by atoms with Gasteiger partial charge >= 0.3 is 18.9 Å². The summed E-state index contributed by atoms with van der Waals surface area (Å²) in [5.74, 6) is 0. The van der Waals surface area contributed by atoms with E-state index in [4.69, 9.17) is 4.79 Å². The number of aliphatic imine (C=N–C) groups is 1. The first-order valence-electron chi connectivity index (χ1n) is 1.45. The molecule has 0 unspecified atom stereocenters. The van der Waals surface area contributed by atoms with E-state index in [1.807, 2.05) is 0 Å². The summed E-state index contributed by atoms with van der Waals surface area (Å²) in [5.41, 5.74) is 0. The maximum absolute atomic E-state index is 9.11. The molecule has 3 heteroatoms. The number of carbonyl (C=O) groups excluding carboxylic acids is 1. The molecule has 30 valence electrons. The smallest absolute Gasteiger partial charge is 1.00 e. The molecule has 0 aliphatic carbocycles. The Hall–Kier alpha value is -0.0226. The van der Waals surface area contributed by atoms with Crippen LogP contribution in [0.2, 0.25) is 0 Å². The maximum Gasteiger partial charge on any atom is 1.00 e. The second kappa shape index (κ2) is 8.88. The van der Waals surface area contributed by atoms with Crippen LogP contribution in [-0.2, 0) is 4.79 Å². The molecule has 0 saturated heterocycles. The molecule has 6 heavy (non-hydrogen) atoms. The van der Waals surface area contributed by atoms with Crippen LogP contribution in [0.5, 0.6) is 0 Å². The SMILES string of the molecule is CCN=C=O.[H-].[Li+]. The van der Waals surface area contributed by atoms with Crippen molar-refractivity contribution in [3.05, 3.63) is 0 Å². The Labute approximate surface area is 50.3 Å². The Morgan fingerprint density at radius 2 is 2.50 bits per heavy atom. The molecule has 0 bridgehead atoms. The molecule has 0 saturated carbocycles. The summed E-state index contributed by atoms with van der Waals surface area (Å²) in [7, 11) is 0. The Morgan fingerprint density at radius 1 is 2.00 bits per heavy atom. The molecule has 0 aliphatic rings. The molecule has 0 radical (unpaired) electrons. The zero-order chi connectivity index (χ0) is 4.12. The van der Waals surface area contributed by atoms with Crippen LogP contribution in [0.15, 0.2) is 4.99 Å². The van der Waals surface area contributed by atoms with Crippen molar-refractivity contribution in [1.29, 1.82) is 0 Å². The van der Waals surface area contributed by atoms with Crippen LogP contribution in [-0.4, -0.2) is 12.6 Å². The third-order valence-electron chi connectivity index (χ3n) is 0.223. The molecular formula is C3H6LiNO. The molecular weight excluding hydrogens is 73.0 g/mol. The summed E-state index contributed by atoms with van der Waals surface area (Å²) in [6.07, 6.45) is 1.39. The Bertz CT molecular complexity index is 62.0. The van der Waals surface area contributed by atoms with Crippen molar-refractivity contribution in [2.24, 2.45) is 4.99 Å². The molecule has 0 spiro atoms. The van der Waals surface area contributed by atoms with Crippen LogP contribution < -0.4 is 18.9 Å². The van der Waals surface area contributed by atoms with E-state index in [0.29, 0.717) is 6.54 Å². The van der Waals surface area contributed by atoms with Gasteiger partial charge in [0.1, 0.15) is 0 Å². The third-order valence-corrected chi connectivity index (χ3v) is 0.223. The summed E-state index contributed by atoms with van der Waals surface area (Å²) in [5, 5.41) is 0. The van der Waals surface area contributed by atoms with E-state index in [2.05, 4.69) is 4.99 Å². The van der Waals surface area contributed by atoms with E-state index < -0.39 is 0 Å². The molecule has 0 aliphatic heterocycles. The Balaban J connectivity index is -0.0000000800. The van der Waals surface area contributed by atoms with Crippen LogP contribution >= 0.6 is 0 Å². The number of hydrogen-bond acceptors (Lipinski definition) is 2. The minimum absolute atomic E-state index is 0. The number of isocyanates is 1. The normalized spacial score (nSPS) is 4.83. The van der Waals surface area contributed by atoms with E-state index in [0.717, 1.165) is 0 Å². The van der Waals surface area contributed by atoms with Gasteiger partial charge in [-0.2, -0.15) is 0 Å². The van der Waals surface area contributed by atoms with Gasteiger partial charge in [-0.05, 0) is 6.92 Å². The summed E-state index contributed by atoms with van der Waals surface area (Å²) in [6, 6.07) is 0. The molecule has 0 N–H and O–H groups in total. The molecule has 0 atom stereocenters. The third kappa shape index (κ3) is 9.02. The van der Waals surface area contributed by atoms with Crippen molar-refractivity contribution >= 4 is 6.08 Å². The van der Waals surface area contributed by atoms with Crippen molar-refractivity contribution in [3.63, 3.8) is 0 Å². The fourth-order valence-electron chi connectivity index (χ4n) is 0.0645. The summed E-state index contributed by atoms with van der Waals surface area (Å²) in [4.78, 5) is 12.3. The maximum atomic E-state index is 9.11. The summed E-state index contributed by atoms with van der Waals surface area (Å²) >= 11 is 0. The van der Waals surface area contributed by atoms with Gasteiger partial charge in [0.2, 0.25) is 6.08 Å². The van der Waals surface area contributed by atoms with Gasteiger partial charge in [0, 0.05) is 6.54 Å². The van der Waals surface area contributed by atoms with Crippen molar-refractivity contribution in [1.82, 2.24) is 0 Å². The quantitative estimate of drug-likeness (QED) is 0.193. The predicted octanol–water partition coefficient (Wildman–Crippen LogP) is -2.54. The van der Waals surface area contributed by atoms with Crippen LogP contribution in [0.3, 0.4) is 0 Å². The topological polar surface area (TPSA) is 29.4 Å². The van der Waals surface area contributed by atoms with Gasteiger partial charge in [-0.3, -0.25) is 0 Å². The van der Waals surface area contributed by atoms with Gasteiger partial charge in [-0.25, -0.2) is 9.79 Å². The number of rotatable bonds is 1. The van der Waals surface area contributed by atoms with Crippen molar-refractivity contribution in [2.45, 2.75) is 6.92 Å². The molecule has 0 rings (SSSR count). The molecule has 0 amide bonds. The van der Waals surface area contributed by atoms with Gasteiger partial charge in [-0.1, -0.05) is 0 Å². The minimum Gasteiger partial charge on any atom is -1.00 e. The average molecular weight is 79.0 g/mol. The first kappa shape index (κ1) is 9.36. The van der Waals surface area contributed by atoms with Gasteiger partial charge < -0.3 is 1.43 Å². The van der Waals surface area contributed by atoms with E-state index in [1.54, 1.807) is 6.92 Å². The van der Waals surface area contributed by atoms with Crippen molar-refractivity contribution < 1.29 is 25.1 Å². The first-order valence-corrected chi connectivity index (χ1v) is 1.45. The standard InChI is InChI=1S/C3H5NO.Li.H/c1-2-4-3-5;;/h2H2,1H3;;/q;+1;-1. The molecule has 2 nitrogen and oxygen atoms in total. The second-order valence-electron chi connectivity index (χ2n) is 0.566. The molecule has 0 aromatic carbocycles. The van der Waals surface area contributed by atoms with Crippen LogP contribution in [0.4, 0.5) is 0 Å². The van der Waals surface area contributed by atoms with Gasteiger partial charge in [0.05, 0.1) is 0 Å². The fourth-order valence-corrected chi connectivity index (χ4v) is 0.0645. The molecule has 0 heterocycles. The number of nitrogens with zero attached hydrogens (tertiary/aromatic N) is 1. The van der Waals surface area contributed by atoms with Gasteiger partial charge in [0.15, 0.2) is 0 Å². The largest absolute Gasteiger partial charge is 1.00 e. The summed E-state index contributed by atoms with van der Waals surface area (Å²) < 4.78 is 0. The van der Waals surface area contributed by atoms with Gasteiger partial charge in [-0.15, -0.1) is 0 Å². The van der Waals surface area contributed by atoms with E-state index >= 15 is 0 Å². The zero-order valence-electron chi connectivity index (χ0n) is 5.06. The first-order chi connectivity index (χ1) is 2.41. The monoisotopic (exact) mass is 79.1 g/mol. The van der Waals surface area contributed by atoms with Crippen LogP contribution in [0.25, 0.3) is 0 Å². The minimum atomic E-state index is 0. The van der Waals surface area contributed by atoms with Crippen molar-refractivity contribution in [3.8, 4) is 0 Å².